The van der Waals surface area contributed by atoms with Crippen LogP contribution in [0.1, 0.15) is 45.4 Å². The molecule has 0 bridgehead atoms. The fourth-order valence-electron chi connectivity index (χ4n) is 3.40. The second kappa shape index (κ2) is 5.75. The minimum atomic E-state index is 0.796. The lowest BCUT2D eigenvalue weighted by atomic mass is 10.0. The Morgan fingerprint density at radius 3 is 2.58 bits per heavy atom. The highest BCUT2D eigenvalue weighted by Crippen LogP contribution is 2.28. The van der Waals surface area contributed by atoms with Crippen molar-refractivity contribution in [2.75, 3.05) is 24.5 Å². The molecule has 0 saturated carbocycles. The van der Waals surface area contributed by atoms with Crippen molar-refractivity contribution in [2.24, 2.45) is 0 Å². The monoisotopic (exact) mass is 280 g/mol. The summed E-state index contributed by atoms with van der Waals surface area (Å²) in [5.41, 5.74) is 0. The zero-order valence-electron chi connectivity index (χ0n) is 12.0. The number of rotatable bonds is 3. The second-order valence-electron chi connectivity index (χ2n) is 5.79. The Balaban J connectivity index is 1.57. The number of likely N-dealkylation sites (tertiary alicyclic amines) is 1. The van der Waals surface area contributed by atoms with Crippen LogP contribution in [-0.2, 0) is 6.42 Å². The molecule has 3 heterocycles. The highest BCUT2D eigenvalue weighted by molar-refractivity contribution is 7.09. The Hall–Kier alpha value is -0.680. The summed E-state index contributed by atoms with van der Waals surface area (Å²) >= 11 is 1.57. The summed E-state index contributed by atoms with van der Waals surface area (Å²) < 4.78 is 4.40. The van der Waals surface area contributed by atoms with Crippen LogP contribution in [0, 0.1) is 0 Å². The molecule has 3 rings (SSSR count). The number of aromatic nitrogens is 2. The summed E-state index contributed by atoms with van der Waals surface area (Å²) in [4.78, 5) is 9.77. The van der Waals surface area contributed by atoms with E-state index in [1.165, 1.54) is 32.2 Å². The number of piperidine rings is 1. The van der Waals surface area contributed by atoms with Crippen molar-refractivity contribution >= 4 is 16.7 Å². The molecule has 1 atom stereocenters. The lowest BCUT2D eigenvalue weighted by molar-refractivity contribution is 0.163. The van der Waals surface area contributed by atoms with Gasteiger partial charge < -0.3 is 4.90 Å². The maximum Gasteiger partial charge on any atom is 0.205 e. The molecule has 1 aromatic heterocycles. The van der Waals surface area contributed by atoms with Gasteiger partial charge in [-0.2, -0.15) is 4.37 Å². The van der Waals surface area contributed by atoms with Crippen LogP contribution in [0.25, 0.3) is 0 Å². The Bertz CT molecular complexity index is 411. The zero-order chi connectivity index (χ0) is 13.2. The molecule has 1 aromatic rings. The van der Waals surface area contributed by atoms with Crippen molar-refractivity contribution in [3.8, 4) is 0 Å². The summed E-state index contributed by atoms with van der Waals surface area (Å²) in [5, 5.41) is 1.13. The Kier molecular flexibility index (Phi) is 4.03. The van der Waals surface area contributed by atoms with Crippen LogP contribution in [-0.4, -0.2) is 46.0 Å². The molecule has 0 spiro atoms. The average molecular weight is 280 g/mol. The van der Waals surface area contributed by atoms with Gasteiger partial charge in [0.15, 0.2) is 0 Å². The van der Waals surface area contributed by atoms with E-state index in [-0.39, 0.29) is 0 Å². The quantitative estimate of drug-likeness (QED) is 0.852. The van der Waals surface area contributed by atoms with Crippen LogP contribution in [0.4, 0.5) is 5.13 Å². The molecule has 2 saturated heterocycles. The molecule has 19 heavy (non-hydrogen) atoms. The standard InChI is InChI=1S/C14H24N4S/c1-3-13-15-14(19-16-13)17-9-6-12(7-10-17)18-8-4-5-11(18)2/h11-12H,3-10H2,1-2H3. The molecule has 0 amide bonds. The molecule has 4 nitrogen and oxygen atoms in total. The Morgan fingerprint density at radius 1 is 1.21 bits per heavy atom. The first kappa shape index (κ1) is 13.3. The van der Waals surface area contributed by atoms with Gasteiger partial charge in [0.2, 0.25) is 5.13 Å². The van der Waals surface area contributed by atoms with Gasteiger partial charge in [0.25, 0.3) is 0 Å². The molecular formula is C14H24N4S. The molecule has 0 aliphatic carbocycles. The Morgan fingerprint density at radius 2 is 2.00 bits per heavy atom. The zero-order valence-corrected chi connectivity index (χ0v) is 12.8. The predicted octanol–water partition coefficient (Wildman–Crippen LogP) is 2.55. The molecule has 0 N–H and O–H groups in total. The lowest BCUT2D eigenvalue weighted by Gasteiger charge is -2.38. The van der Waals surface area contributed by atoms with Crippen LogP contribution in [0.15, 0.2) is 0 Å². The third kappa shape index (κ3) is 2.77. The van der Waals surface area contributed by atoms with Gasteiger partial charge in [-0.15, -0.1) is 0 Å². The average Bonchev–Trinajstić information content (AvgIpc) is 3.07. The lowest BCUT2D eigenvalue weighted by Crippen LogP contribution is -2.46. The van der Waals surface area contributed by atoms with Gasteiger partial charge >= 0.3 is 0 Å². The molecular weight excluding hydrogens is 256 g/mol. The van der Waals surface area contributed by atoms with Gasteiger partial charge in [-0.3, -0.25) is 4.90 Å². The first-order valence-electron chi connectivity index (χ1n) is 7.61. The van der Waals surface area contributed by atoms with Crippen LogP contribution >= 0.6 is 11.5 Å². The van der Waals surface area contributed by atoms with Gasteiger partial charge in [0.1, 0.15) is 5.82 Å². The van der Waals surface area contributed by atoms with Crippen molar-refractivity contribution in [2.45, 2.75) is 58.0 Å². The molecule has 106 valence electrons. The van der Waals surface area contributed by atoms with Gasteiger partial charge in [-0.1, -0.05) is 6.92 Å². The fourth-order valence-corrected chi connectivity index (χ4v) is 4.20. The first-order valence-corrected chi connectivity index (χ1v) is 8.38. The summed E-state index contributed by atoms with van der Waals surface area (Å²) in [6, 6.07) is 1.59. The minimum absolute atomic E-state index is 0.796. The predicted molar refractivity (Wildman–Crippen MR) is 79.9 cm³/mol. The Labute approximate surface area is 120 Å². The summed E-state index contributed by atoms with van der Waals surface area (Å²) in [7, 11) is 0. The number of hydrogen-bond acceptors (Lipinski definition) is 5. The SMILES string of the molecule is CCc1nsc(N2CCC(N3CCCC3C)CC2)n1. The van der Waals surface area contributed by atoms with Crippen LogP contribution in [0.2, 0.25) is 0 Å². The van der Waals surface area contributed by atoms with Crippen LogP contribution in [0.3, 0.4) is 0 Å². The van der Waals surface area contributed by atoms with E-state index in [2.05, 4.69) is 33.0 Å². The second-order valence-corrected chi connectivity index (χ2v) is 6.52. The molecule has 1 unspecified atom stereocenters. The fraction of sp³-hybridized carbons (Fsp3) is 0.857. The van der Waals surface area contributed by atoms with Crippen LogP contribution < -0.4 is 4.90 Å². The highest BCUT2D eigenvalue weighted by atomic mass is 32.1. The van der Waals surface area contributed by atoms with Gasteiger partial charge in [-0.25, -0.2) is 4.98 Å². The molecule has 5 heteroatoms. The number of hydrogen-bond donors (Lipinski definition) is 0. The summed E-state index contributed by atoms with van der Waals surface area (Å²) in [5.74, 6) is 0.996. The van der Waals surface area contributed by atoms with Gasteiger partial charge in [-0.05, 0) is 39.2 Å². The number of anilines is 1. The highest BCUT2D eigenvalue weighted by Gasteiger charge is 2.31. The smallest absolute Gasteiger partial charge is 0.205 e. The summed E-state index contributed by atoms with van der Waals surface area (Å²) in [6.07, 6.45) is 6.28. The molecule has 0 radical (unpaired) electrons. The van der Waals surface area contributed by atoms with E-state index >= 15 is 0 Å². The number of aryl methyl sites for hydroxylation is 1. The maximum atomic E-state index is 4.61. The molecule has 2 aliphatic heterocycles. The minimum Gasteiger partial charge on any atom is -0.347 e. The third-order valence-electron chi connectivity index (χ3n) is 4.58. The maximum absolute atomic E-state index is 4.61. The van der Waals surface area contributed by atoms with E-state index < -0.39 is 0 Å². The normalized spacial score (nSPS) is 26.2. The van der Waals surface area contributed by atoms with Gasteiger partial charge in [0.05, 0.1) is 0 Å². The van der Waals surface area contributed by atoms with Crippen molar-refractivity contribution in [1.29, 1.82) is 0 Å². The third-order valence-corrected chi connectivity index (χ3v) is 5.40. The largest absolute Gasteiger partial charge is 0.347 e. The summed E-state index contributed by atoms with van der Waals surface area (Å²) in [6.45, 7) is 8.10. The first-order chi connectivity index (χ1) is 9.28. The van der Waals surface area contributed by atoms with E-state index in [1.807, 2.05) is 0 Å². The van der Waals surface area contributed by atoms with Crippen molar-refractivity contribution in [1.82, 2.24) is 14.3 Å². The topological polar surface area (TPSA) is 32.3 Å². The molecule has 2 aliphatic rings. The van der Waals surface area contributed by atoms with E-state index in [0.29, 0.717) is 0 Å². The molecule has 2 fully saturated rings. The van der Waals surface area contributed by atoms with E-state index in [4.69, 9.17) is 0 Å². The van der Waals surface area contributed by atoms with Crippen molar-refractivity contribution in [3.05, 3.63) is 5.82 Å². The number of nitrogens with zero attached hydrogens (tertiary/aromatic N) is 4. The molecule has 0 aromatic carbocycles. The van der Waals surface area contributed by atoms with Crippen molar-refractivity contribution in [3.63, 3.8) is 0 Å². The van der Waals surface area contributed by atoms with E-state index in [1.54, 1.807) is 11.5 Å². The van der Waals surface area contributed by atoms with Gasteiger partial charge in [0, 0.05) is 43.1 Å². The van der Waals surface area contributed by atoms with E-state index in [0.717, 1.165) is 42.5 Å². The van der Waals surface area contributed by atoms with Crippen molar-refractivity contribution < 1.29 is 0 Å². The van der Waals surface area contributed by atoms with Crippen LogP contribution in [0.5, 0.6) is 0 Å². The van der Waals surface area contributed by atoms with E-state index in [9.17, 15) is 0 Å².